The van der Waals surface area contributed by atoms with E-state index in [4.69, 9.17) is 22.3 Å². The maximum Gasteiger partial charge on any atom is 0.394 e. The zero-order valence-electron chi connectivity index (χ0n) is 10.8. The first-order chi connectivity index (χ1) is 9.42. The molecule has 2 rings (SSSR count). The molecule has 0 radical (unpaired) electrons. The predicted octanol–water partition coefficient (Wildman–Crippen LogP) is 2.73. The number of hydrogen-bond donors (Lipinski definition) is 2. The van der Waals surface area contributed by atoms with Crippen molar-refractivity contribution >= 4 is 28.0 Å². The minimum absolute atomic E-state index is 0.946. The number of benzene rings is 2. The summed E-state index contributed by atoms with van der Waals surface area (Å²) in [5.41, 5.74) is 1.35. The highest BCUT2D eigenvalue weighted by atomic mass is 32.3. The Morgan fingerprint density at radius 1 is 1.00 bits per heavy atom. The van der Waals surface area contributed by atoms with Gasteiger partial charge in [0.05, 0.1) is 0 Å². The summed E-state index contributed by atoms with van der Waals surface area (Å²) in [6.45, 7) is 5.76. The van der Waals surface area contributed by atoms with Gasteiger partial charge in [0.15, 0.2) is 0 Å². The minimum atomic E-state index is -4.67. The van der Waals surface area contributed by atoms with Crippen LogP contribution in [0.3, 0.4) is 0 Å². The van der Waals surface area contributed by atoms with Crippen molar-refractivity contribution in [2.75, 3.05) is 0 Å². The third-order valence-corrected chi connectivity index (χ3v) is 2.24. The highest BCUT2D eigenvalue weighted by Crippen LogP contribution is 2.18. The molecule has 0 aliphatic carbocycles. The molecule has 0 heterocycles. The Morgan fingerprint density at radius 3 is 2.05 bits per heavy atom. The van der Waals surface area contributed by atoms with E-state index in [-0.39, 0.29) is 0 Å². The Bertz CT molecular complexity index is 636. The van der Waals surface area contributed by atoms with E-state index in [9.17, 15) is 0 Å². The lowest BCUT2D eigenvalue weighted by atomic mass is 10.0. The van der Waals surface area contributed by atoms with Crippen molar-refractivity contribution in [1.29, 1.82) is 0 Å². The highest BCUT2D eigenvalue weighted by Gasteiger charge is 1.96. The van der Waals surface area contributed by atoms with Gasteiger partial charge in [-0.3, -0.25) is 9.11 Å². The molecule has 0 atom stereocenters. The van der Waals surface area contributed by atoms with Gasteiger partial charge in [-0.05, 0) is 22.8 Å². The Hall–Kier alpha value is -2.02. The van der Waals surface area contributed by atoms with Crippen LogP contribution in [0.5, 0.6) is 0 Å². The Morgan fingerprint density at radius 2 is 1.50 bits per heavy atom. The second-order valence-corrected chi connectivity index (χ2v) is 4.47. The second kappa shape index (κ2) is 8.98. The van der Waals surface area contributed by atoms with Crippen LogP contribution < -0.4 is 0 Å². The molecule has 108 valence electrons. The van der Waals surface area contributed by atoms with Gasteiger partial charge in [-0.15, -0.1) is 6.58 Å². The van der Waals surface area contributed by atoms with Crippen LogP contribution in [0.2, 0.25) is 0 Å². The van der Waals surface area contributed by atoms with Gasteiger partial charge < -0.3 is 4.79 Å². The van der Waals surface area contributed by atoms with E-state index in [0.717, 1.165) is 6.42 Å². The van der Waals surface area contributed by atoms with Crippen LogP contribution in [0.25, 0.3) is 10.8 Å². The molecule has 0 amide bonds. The van der Waals surface area contributed by atoms with Gasteiger partial charge in [-0.2, -0.15) is 8.42 Å². The smallest absolute Gasteiger partial charge is 0.307 e. The monoisotopic (exact) mass is 296 g/mol. The van der Waals surface area contributed by atoms with Gasteiger partial charge in [0, 0.05) is 0 Å². The SMILES string of the molecule is C=CCc1cccc2ccccc12.C=O.O=S(=O)(O)O. The number of allylic oxidation sites excluding steroid dienone is 1. The standard InChI is InChI=1S/C13H12.CH2O.H2O4S/c1-2-6-11-8-5-9-12-7-3-4-10-13(11)12;1-2;1-5(2,3)4/h2-5,7-10H,1,6H2;1H2;(H2,1,2,3,4). The number of rotatable bonds is 2. The minimum Gasteiger partial charge on any atom is -0.307 e. The first-order valence-electron chi connectivity index (χ1n) is 5.48. The van der Waals surface area contributed by atoms with Crippen LogP contribution in [-0.2, 0) is 21.6 Å². The van der Waals surface area contributed by atoms with Crippen LogP contribution in [-0.4, -0.2) is 24.3 Å². The lowest BCUT2D eigenvalue weighted by Crippen LogP contribution is -1.89. The van der Waals surface area contributed by atoms with Gasteiger partial charge in [-0.25, -0.2) is 0 Å². The van der Waals surface area contributed by atoms with Crippen LogP contribution in [0.15, 0.2) is 55.1 Å². The lowest BCUT2D eigenvalue weighted by molar-refractivity contribution is -0.0980. The van der Waals surface area contributed by atoms with E-state index in [1.54, 1.807) is 0 Å². The summed E-state index contributed by atoms with van der Waals surface area (Å²) in [4.78, 5) is 8.00. The van der Waals surface area contributed by atoms with Crippen LogP contribution in [0.1, 0.15) is 5.56 Å². The second-order valence-electron chi connectivity index (χ2n) is 3.58. The fraction of sp³-hybridized carbons (Fsp3) is 0.0714. The highest BCUT2D eigenvalue weighted by molar-refractivity contribution is 7.79. The summed E-state index contributed by atoms with van der Waals surface area (Å²) in [6.07, 6.45) is 2.89. The predicted molar refractivity (Wildman–Crippen MR) is 79.1 cm³/mol. The van der Waals surface area contributed by atoms with Crippen molar-refractivity contribution in [3.05, 3.63) is 60.7 Å². The maximum atomic E-state index is 8.74. The summed E-state index contributed by atoms with van der Waals surface area (Å²) in [6, 6.07) is 14.8. The van der Waals surface area contributed by atoms with Crippen molar-refractivity contribution < 1.29 is 22.3 Å². The van der Waals surface area contributed by atoms with Crippen molar-refractivity contribution in [2.45, 2.75) is 6.42 Å². The van der Waals surface area contributed by atoms with E-state index in [1.165, 1.54) is 16.3 Å². The molecule has 5 nitrogen and oxygen atoms in total. The van der Waals surface area contributed by atoms with Crippen LogP contribution in [0, 0.1) is 0 Å². The van der Waals surface area contributed by atoms with Gasteiger partial charge in [-0.1, -0.05) is 48.5 Å². The number of fused-ring (bicyclic) bond motifs is 1. The molecule has 0 spiro atoms. The summed E-state index contributed by atoms with van der Waals surface area (Å²) in [7, 11) is -4.67. The molecule has 6 heteroatoms. The lowest BCUT2D eigenvalue weighted by Gasteiger charge is -2.02. The molecule has 0 aliphatic heterocycles. The Labute approximate surface area is 118 Å². The van der Waals surface area contributed by atoms with Crippen molar-refractivity contribution in [1.82, 2.24) is 0 Å². The topological polar surface area (TPSA) is 91.7 Å². The molecule has 0 saturated heterocycles. The van der Waals surface area contributed by atoms with E-state index >= 15 is 0 Å². The molecule has 0 aromatic heterocycles. The molecule has 20 heavy (non-hydrogen) atoms. The third kappa shape index (κ3) is 7.42. The number of carbonyl (C=O) groups is 1. The molecule has 2 aromatic rings. The summed E-state index contributed by atoms with van der Waals surface area (Å²) < 4.78 is 31.6. The average molecular weight is 296 g/mol. The fourth-order valence-electron chi connectivity index (χ4n) is 1.63. The zero-order chi connectivity index (χ0) is 15.6. The fourth-order valence-corrected chi connectivity index (χ4v) is 1.63. The molecular formula is C14H16O5S. The van der Waals surface area contributed by atoms with Gasteiger partial charge >= 0.3 is 10.4 Å². The quantitative estimate of drug-likeness (QED) is 0.656. The molecular weight excluding hydrogens is 280 g/mol. The molecule has 2 N–H and O–H groups in total. The van der Waals surface area contributed by atoms with Gasteiger partial charge in [0.1, 0.15) is 6.79 Å². The molecule has 0 aliphatic rings. The maximum absolute atomic E-state index is 8.74. The first kappa shape index (κ1) is 18.0. The van der Waals surface area contributed by atoms with Crippen molar-refractivity contribution in [3.63, 3.8) is 0 Å². The van der Waals surface area contributed by atoms with E-state index in [1.807, 2.05) is 12.9 Å². The molecule has 0 fully saturated rings. The normalized spacial score (nSPS) is 9.70. The summed E-state index contributed by atoms with van der Waals surface area (Å²) in [5.74, 6) is 0. The largest absolute Gasteiger partial charge is 0.394 e. The van der Waals surface area contributed by atoms with E-state index in [2.05, 4.69) is 49.0 Å². The number of hydrogen-bond acceptors (Lipinski definition) is 3. The van der Waals surface area contributed by atoms with E-state index < -0.39 is 10.4 Å². The molecule has 2 aromatic carbocycles. The molecule has 0 bridgehead atoms. The zero-order valence-corrected chi connectivity index (χ0v) is 11.6. The molecule has 0 saturated carbocycles. The summed E-state index contributed by atoms with van der Waals surface area (Å²) in [5, 5.41) is 2.65. The van der Waals surface area contributed by atoms with Gasteiger partial charge in [0.25, 0.3) is 0 Å². The Kier molecular flexibility index (Phi) is 8.07. The first-order valence-corrected chi connectivity index (χ1v) is 6.88. The van der Waals surface area contributed by atoms with Crippen molar-refractivity contribution in [2.24, 2.45) is 0 Å². The average Bonchev–Trinajstić information content (AvgIpc) is 2.40. The van der Waals surface area contributed by atoms with Crippen LogP contribution >= 0.6 is 0 Å². The molecule has 0 unspecified atom stereocenters. The third-order valence-electron chi connectivity index (χ3n) is 2.24. The van der Waals surface area contributed by atoms with E-state index in [0.29, 0.717) is 0 Å². The van der Waals surface area contributed by atoms with Gasteiger partial charge in [0.2, 0.25) is 0 Å². The van der Waals surface area contributed by atoms with Crippen LogP contribution in [0.4, 0.5) is 0 Å². The van der Waals surface area contributed by atoms with Crippen molar-refractivity contribution in [3.8, 4) is 0 Å². The number of carbonyl (C=O) groups excluding carboxylic acids is 1. The summed E-state index contributed by atoms with van der Waals surface area (Å²) >= 11 is 0. The Balaban J connectivity index is 0.000000441.